The van der Waals surface area contributed by atoms with Crippen LogP contribution in [-0.2, 0) is 16.0 Å². The van der Waals surface area contributed by atoms with Crippen LogP contribution in [0, 0.1) is 5.41 Å². The first kappa shape index (κ1) is 21.8. The van der Waals surface area contributed by atoms with Crippen LogP contribution >= 0.6 is 0 Å². The molecule has 1 N–H and O–H groups in total. The lowest BCUT2D eigenvalue weighted by Gasteiger charge is -2.39. The van der Waals surface area contributed by atoms with E-state index in [1.54, 1.807) is 0 Å². The van der Waals surface area contributed by atoms with Crippen LogP contribution in [0.15, 0.2) is 30.3 Å². The third-order valence-electron chi connectivity index (χ3n) is 6.16. The first-order valence-electron chi connectivity index (χ1n) is 11.1. The average Bonchev–Trinajstić information content (AvgIpc) is 3.07. The van der Waals surface area contributed by atoms with E-state index in [0.717, 1.165) is 64.8 Å². The molecule has 160 valence electrons. The largest absolute Gasteiger partial charge is 0.351 e. The lowest BCUT2D eigenvalue weighted by molar-refractivity contribution is -0.145. The number of piperidine rings is 1. The minimum atomic E-state index is -0.217. The fraction of sp³-hybridized carbons (Fsp3) is 0.667. The van der Waals surface area contributed by atoms with Gasteiger partial charge in [0.1, 0.15) is 0 Å². The number of hydrogen-bond acceptors (Lipinski definition) is 3. The predicted molar refractivity (Wildman–Crippen MR) is 117 cm³/mol. The zero-order valence-electron chi connectivity index (χ0n) is 18.4. The van der Waals surface area contributed by atoms with E-state index in [2.05, 4.69) is 39.4 Å². The van der Waals surface area contributed by atoms with Crippen molar-refractivity contribution in [3.63, 3.8) is 0 Å². The van der Waals surface area contributed by atoms with Crippen molar-refractivity contribution in [2.75, 3.05) is 32.7 Å². The standard InChI is InChI=1S/C24H37N3O2/c1-23(2,3)25-21(28)12-17-26-18-14-24(19-26)13-8-16-27(22(24)29)15-7-11-20-9-5-4-6-10-20/h4-6,9-10H,7-8,11-19H2,1-3H3,(H,25,28). The van der Waals surface area contributed by atoms with E-state index in [-0.39, 0.29) is 16.9 Å². The average molecular weight is 400 g/mol. The summed E-state index contributed by atoms with van der Waals surface area (Å²) < 4.78 is 0. The molecule has 1 spiro atoms. The quantitative estimate of drug-likeness (QED) is 0.766. The molecule has 29 heavy (non-hydrogen) atoms. The summed E-state index contributed by atoms with van der Waals surface area (Å²) in [7, 11) is 0. The minimum absolute atomic E-state index is 0.0935. The van der Waals surface area contributed by atoms with Crippen molar-refractivity contribution in [2.45, 2.75) is 64.8 Å². The Morgan fingerprint density at radius 2 is 1.86 bits per heavy atom. The van der Waals surface area contributed by atoms with Crippen molar-refractivity contribution in [3.8, 4) is 0 Å². The molecule has 2 fully saturated rings. The second-order valence-corrected chi connectivity index (χ2v) is 9.84. The number of rotatable bonds is 7. The van der Waals surface area contributed by atoms with E-state index in [0.29, 0.717) is 12.3 Å². The third-order valence-corrected chi connectivity index (χ3v) is 6.16. The van der Waals surface area contributed by atoms with Crippen LogP contribution < -0.4 is 5.32 Å². The molecule has 1 atom stereocenters. The number of aryl methyl sites for hydroxylation is 1. The van der Waals surface area contributed by atoms with Gasteiger partial charge < -0.3 is 15.1 Å². The molecule has 0 radical (unpaired) electrons. The number of carbonyl (C=O) groups excluding carboxylic acids is 2. The second kappa shape index (κ2) is 9.29. The molecule has 2 amide bonds. The van der Waals surface area contributed by atoms with Crippen LogP contribution in [0.4, 0.5) is 0 Å². The topological polar surface area (TPSA) is 52.7 Å². The fourth-order valence-electron chi connectivity index (χ4n) is 4.75. The Morgan fingerprint density at radius 3 is 2.59 bits per heavy atom. The van der Waals surface area contributed by atoms with Crippen molar-refractivity contribution in [1.29, 1.82) is 0 Å². The van der Waals surface area contributed by atoms with Crippen LogP contribution in [0.1, 0.15) is 58.4 Å². The molecule has 0 saturated carbocycles. The summed E-state index contributed by atoms with van der Waals surface area (Å²) in [6.07, 6.45) is 5.56. The SMILES string of the molecule is CC(C)(C)NC(=O)CCN1CCC2(CCCN(CCCc3ccccc3)C2=O)C1. The van der Waals surface area contributed by atoms with Gasteiger partial charge in [0.15, 0.2) is 0 Å². The van der Waals surface area contributed by atoms with Crippen molar-refractivity contribution >= 4 is 11.8 Å². The molecule has 1 aromatic carbocycles. The molecule has 0 aliphatic carbocycles. The molecule has 2 aliphatic heterocycles. The highest BCUT2D eigenvalue weighted by Gasteiger charge is 2.47. The Balaban J connectivity index is 1.47. The Morgan fingerprint density at radius 1 is 1.10 bits per heavy atom. The molecule has 2 saturated heterocycles. The Kier molecular flexibility index (Phi) is 6.99. The van der Waals surface area contributed by atoms with Crippen LogP contribution in [0.3, 0.4) is 0 Å². The third kappa shape index (κ3) is 6.05. The summed E-state index contributed by atoms with van der Waals surface area (Å²) in [5.41, 5.74) is 0.932. The smallest absolute Gasteiger partial charge is 0.230 e. The van der Waals surface area contributed by atoms with Crippen molar-refractivity contribution < 1.29 is 9.59 Å². The van der Waals surface area contributed by atoms with E-state index in [1.165, 1.54) is 5.56 Å². The maximum Gasteiger partial charge on any atom is 0.230 e. The summed E-state index contributed by atoms with van der Waals surface area (Å²) in [6.45, 7) is 10.2. The van der Waals surface area contributed by atoms with Gasteiger partial charge in [0, 0.05) is 38.1 Å². The van der Waals surface area contributed by atoms with Crippen molar-refractivity contribution in [1.82, 2.24) is 15.1 Å². The van der Waals surface area contributed by atoms with Crippen LogP contribution in [0.25, 0.3) is 0 Å². The Labute approximate surface area is 175 Å². The number of benzene rings is 1. The van der Waals surface area contributed by atoms with Gasteiger partial charge in [0.05, 0.1) is 5.41 Å². The molecular formula is C24H37N3O2. The monoisotopic (exact) mass is 399 g/mol. The summed E-state index contributed by atoms with van der Waals surface area (Å²) in [5.74, 6) is 0.439. The number of hydrogen-bond donors (Lipinski definition) is 1. The van der Waals surface area contributed by atoms with Gasteiger partial charge in [-0.3, -0.25) is 9.59 Å². The highest BCUT2D eigenvalue weighted by molar-refractivity contribution is 5.84. The van der Waals surface area contributed by atoms with Crippen molar-refractivity contribution in [2.24, 2.45) is 5.41 Å². The second-order valence-electron chi connectivity index (χ2n) is 9.84. The highest BCUT2D eigenvalue weighted by Crippen LogP contribution is 2.40. The van der Waals surface area contributed by atoms with Crippen LogP contribution in [0.2, 0.25) is 0 Å². The number of nitrogens with zero attached hydrogens (tertiary/aromatic N) is 2. The molecule has 5 nitrogen and oxygen atoms in total. The van der Waals surface area contributed by atoms with Gasteiger partial charge in [-0.2, -0.15) is 0 Å². The summed E-state index contributed by atoms with van der Waals surface area (Å²) in [4.78, 5) is 29.8. The van der Waals surface area contributed by atoms with E-state index in [1.807, 2.05) is 26.8 Å². The van der Waals surface area contributed by atoms with Gasteiger partial charge in [0.25, 0.3) is 0 Å². The number of nitrogens with one attached hydrogen (secondary N) is 1. The van der Waals surface area contributed by atoms with E-state index in [9.17, 15) is 9.59 Å². The van der Waals surface area contributed by atoms with Gasteiger partial charge in [-0.05, 0) is 65.0 Å². The first-order valence-corrected chi connectivity index (χ1v) is 11.1. The molecule has 1 unspecified atom stereocenters. The summed E-state index contributed by atoms with van der Waals surface area (Å²) in [6, 6.07) is 10.5. The normalized spacial score (nSPS) is 23.0. The Hall–Kier alpha value is -1.88. The molecule has 5 heteroatoms. The predicted octanol–water partition coefficient (Wildman–Crippen LogP) is 3.24. The minimum Gasteiger partial charge on any atom is -0.351 e. The number of likely N-dealkylation sites (tertiary alicyclic amines) is 2. The molecule has 0 bridgehead atoms. The van der Waals surface area contributed by atoms with Crippen LogP contribution in [-0.4, -0.2) is 59.9 Å². The number of carbonyl (C=O) groups is 2. The van der Waals surface area contributed by atoms with Gasteiger partial charge in [0.2, 0.25) is 11.8 Å². The van der Waals surface area contributed by atoms with E-state index < -0.39 is 0 Å². The highest BCUT2D eigenvalue weighted by atomic mass is 16.2. The molecule has 2 heterocycles. The van der Waals surface area contributed by atoms with Gasteiger partial charge in [-0.25, -0.2) is 0 Å². The molecular weight excluding hydrogens is 362 g/mol. The maximum atomic E-state index is 13.3. The lowest BCUT2D eigenvalue weighted by Crippen LogP contribution is -2.50. The lowest BCUT2D eigenvalue weighted by atomic mass is 9.78. The van der Waals surface area contributed by atoms with E-state index >= 15 is 0 Å². The maximum absolute atomic E-state index is 13.3. The van der Waals surface area contributed by atoms with E-state index in [4.69, 9.17) is 0 Å². The zero-order valence-corrected chi connectivity index (χ0v) is 18.4. The molecule has 1 aromatic rings. The van der Waals surface area contributed by atoms with Gasteiger partial charge >= 0.3 is 0 Å². The van der Waals surface area contributed by atoms with Crippen molar-refractivity contribution in [3.05, 3.63) is 35.9 Å². The van der Waals surface area contributed by atoms with Crippen LogP contribution in [0.5, 0.6) is 0 Å². The van der Waals surface area contributed by atoms with Gasteiger partial charge in [-0.15, -0.1) is 0 Å². The number of amides is 2. The Bertz CT molecular complexity index is 698. The summed E-state index contributed by atoms with van der Waals surface area (Å²) >= 11 is 0. The summed E-state index contributed by atoms with van der Waals surface area (Å²) in [5, 5.41) is 3.03. The molecule has 3 rings (SSSR count). The fourth-order valence-corrected chi connectivity index (χ4v) is 4.75. The first-order chi connectivity index (χ1) is 13.8. The van der Waals surface area contributed by atoms with Gasteiger partial charge in [-0.1, -0.05) is 30.3 Å². The molecule has 2 aliphatic rings. The zero-order chi connectivity index (χ0) is 20.9. The molecule has 0 aromatic heterocycles.